The molecule has 1 aliphatic carbocycles. The van der Waals surface area contributed by atoms with E-state index in [1.54, 1.807) is 10.7 Å². The van der Waals surface area contributed by atoms with E-state index in [-0.39, 0.29) is 6.04 Å². The first kappa shape index (κ1) is 18.4. The molecule has 1 saturated heterocycles. The van der Waals surface area contributed by atoms with Crippen molar-refractivity contribution in [2.45, 2.75) is 37.5 Å². The Labute approximate surface area is 178 Å². The van der Waals surface area contributed by atoms with Crippen LogP contribution in [-0.2, 0) is 0 Å². The molecule has 0 unspecified atom stereocenters. The minimum absolute atomic E-state index is 0.237. The van der Waals surface area contributed by atoms with Gasteiger partial charge in [-0.1, -0.05) is 6.07 Å². The number of rotatable bonds is 5. The average molecular weight is 418 g/mol. The molecule has 0 radical (unpaired) electrons. The van der Waals surface area contributed by atoms with Crippen molar-refractivity contribution in [3.63, 3.8) is 0 Å². The van der Waals surface area contributed by atoms with Gasteiger partial charge in [0.1, 0.15) is 17.7 Å². The van der Waals surface area contributed by atoms with Crippen LogP contribution in [0.5, 0.6) is 0 Å². The molecular formula is C22H23FN8. The minimum atomic E-state index is -0.934. The van der Waals surface area contributed by atoms with Gasteiger partial charge in [0, 0.05) is 18.3 Å². The molecule has 2 aliphatic rings. The molecule has 0 spiro atoms. The maximum atomic E-state index is 14.2. The molecule has 1 saturated carbocycles. The Morgan fingerprint density at radius 3 is 2.87 bits per heavy atom. The zero-order chi connectivity index (χ0) is 20.8. The number of anilines is 1. The van der Waals surface area contributed by atoms with Gasteiger partial charge in [0.05, 0.1) is 35.9 Å². The first-order valence-corrected chi connectivity index (χ1v) is 10.7. The van der Waals surface area contributed by atoms with Gasteiger partial charge in [-0.05, 0) is 50.1 Å². The second-order valence-electron chi connectivity index (χ2n) is 8.24. The Morgan fingerprint density at radius 2 is 2.00 bits per heavy atom. The van der Waals surface area contributed by atoms with Crippen LogP contribution in [0, 0.1) is 0 Å². The molecule has 4 aromatic rings. The molecular weight excluding hydrogens is 395 g/mol. The van der Waals surface area contributed by atoms with Crippen molar-refractivity contribution in [3.8, 4) is 22.6 Å². The van der Waals surface area contributed by atoms with Crippen LogP contribution in [0.4, 0.5) is 10.2 Å². The summed E-state index contributed by atoms with van der Waals surface area (Å²) in [7, 11) is 0. The number of fused-ring (bicyclic) bond motifs is 1. The van der Waals surface area contributed by atoms with Gasteiger partial charge in [-0.15, -0.1) is 0 Å². The molecule has 8 nitrogen and oxygen atoms in total. The average Bonchev–Trinajstić information content (AvgIpc) is 3.37. The Kier molecular flexibility index (Phi) is 4.41. The molecule has 0 aromatic carbocycles. The van der Waals surface area contributed by atoms with E-state index in [1.165, 1.54) is 12.8 Å². The SMILES string of the molecule is F[C@H]1CNCC[C@@H]1Nc1cccc(-c2cnc3ccc(-c4cnn(C5CC5)c4)nn23)n1. The van der Waals surface area contributed by atoms with Crippen LogP contribution in [0.3, 0.4) is 0 Å². The fourth-order valence-corrected chi connectivity index (χ4v) is 4.04. The van der Waals surface area contributed by atoms with Gasteiger partial charge in [0.2, 0.25) is 0 Å². The Hall–Kier alpha value is -3.33. The molecule has 0 bridgehead atoms. The Bertz CT molecular complexity index is 1230. The van der Waals surface area contributed by atoms with Crippen molar-refractivity contribution in [3.05, 3.63) is 48.9 Å². The van der Waals surface area contributed by atoms with Gasteiger partial charge >= 0.3 is 0 Å². The smallest absolute Gasteiger partial charge is 0.154 e. The highest BCUT2D eigenvalue weighted by Crippen LogP contribution is 2.35. The first-order chi connectivity index (χ1) is 15.2. The summed E-state index contributed by atoms with van der Waals surface area (Å²) in [5, 5.41) is 15.6. The second kappa shape index (κ2) is 7.42. The number of hydrogen-bond acceptors (Lipinski definition) is 6. The lowest BCUT2D eigenvalue weighted by atomic mass is 10.1. The highest BCUT2D eigenvalue weighted by molar-refractivity contribution is 5.64. The zero-order valence-electron chi connectivity index (χ0n) is 16.9. The lowest BCUT2D eigenvalue weighted by molar-refractivity contribution is 0.244. The monoisotopic (exact) mass is 418 g/mol. The molecule has 2 N–H and O–H groups in total. The van der Waals surface area contributed by atoms with Crippen LogP contribution < -0.4 is 10.6 Å². The summed E-state index contributed by atoms with van der Waals surface area (Å²) in [5.74, 6) is 0.656. The number of nitrogens with one attached hydrogen (secondary N) is 2. The predicted molar refractivity (Wildman–Crippen MR) is 116 cm³/mol. The molecule has 2 atom stereocenters. The van der Waals surface area contributed by atoms with Crippen LogP contribution in [0.25, 0.3) is 28.3 Å². The van der Waals surface area contributed by atoms with Gasteiger partial charge < -0.3 is 10.6 Å². The standard InChI is InChI=1S/C22H23FN8/c23-16-11-24-9-8-18(16)27-21-3-1-2-19(28-21)20-12-25-22-7-6-17(29-31(20)22)14-10-26-30(13-14)15-4-5-15/h1-3,6-7,10,12-13,15-16,18,24H,4-5,8-9,11H2,(H,27,28)/t16-,18-/m0/s1. The van der Waals surface area contributed by atoms with E-state index >= 15 is 0 Å². The quantitative estimate of drug-likeness (QED) is 0.518. The van der Waals surface area contributed by atoms with E-state index in [9.17, 15) is 4.39 Å². The fourth-order valence-electron chi connectivity index (χ4n) is 4.04. The fraction of sp³-hybridized carbons (Fsp3) is 0.364. The first-order valence-electron chi connectivity index (χ1n) is 10.7. The van der Waals surface area contributed by atoms with Crippen molar-refractivity contribution >= 4 is 11.5 Å². The summed E-state index contributed by atoms with van der Waals surface area (Å²) < 4.78 is 18.0. The zero-order valence-corrected chi connectivity index (χ0v) is 16.9. The largest absolute Gasteiger partial charge is 0.364 e. The molecule has 1 aliphatic heterocycles. The van der Waals surface area contributed by atoms with E-state index < -0.39 is 6.17 Å². The highest BCUT2D eigenvalue weighted by Gasteiger charge is 2.25. The molecule has 6 rings (SSSR count). The Morgan fingerprint density at radius 1 is 1.06 bits per heavy atom. The number of aromatic nitrogens is 6. The lowest BCUT2D eigenvalue weighted by Crippen LogP contribution is -2.45. The second-order valence-corrected chi connectivity index (χ2v) is 8.24. The summed E-state index contributed by atoms with van der Waals surface area (Å²) >= 11 is 0. The third-order valence-electron chi connectivity index (χ3n) is 5.93. The molecule has 9 heteroatoms. The van der Waals surface area contributed by atoms with Crippen LogP contribution in [0.2, 0.25) is 0 Å². The molecule has 2 fully saturated rings. The summed E-state index contributed by atoms with van der Waals surface area (Å²) in [4.78, 5) is 9.20. The maximum Gasteiger partial charge on any atom is 0.154 e. The van der Waals surface area contributed by atoms with Crippen molar-refractivity contribution in [1.82, 2.24) is 34.7 Å². The van der Waals surface area contributed by atoms with Gasteiger partial charge in [-0.2, -0.15) is 10.2 Å². The van der Waals surface area contributed by atoms with Gasteiger partial charge in [0.25, 0.3) is 0 Å². The molecule has 158 valence electrons. The van der Waals surface area contributed by atoms with E-state index in [0.717, 1.165) is 41.3 Å². The van der Waals surface area contributed by atoms with Gasteiger partial charge in [-0.3, -0.25) is 4.68 Å². The number of pyridine rings is 1. The normalized spacial score (nSPS) is 21.5. The van der Waals surface area contributed by atoms with E-state index in [0.29, 0.717) is 18.4 Å². The van der Waals surface area contributed by atoms with Crippen LogP contribution >= 0.6 is 0 Å². The van der Waals surface area contributed by atoms with Crippen LogP contribution in [-0.4, -0.2) is 54.7 Å². The van der Waals surface area contributed by atoms with Crippen LogP contribution in [0.15, 0.2) is 48.9 Å². The third kappa shape index (κ3) is 3.54. The minimum Gasteiger partial charge on any atom is -0.364 e. The molecule has 4 aromatic heterocycles. The van der Waals surface area contributed by atoms with Gasteiger partial charge in [0.15, 0.2) is 5.65 Å². The molecule has 0 amide bonds. The number of nitrogens with zero attached hydrogens (tertiary/aromatic N) is 6. The van der Waals surface area contributed by atoms with Crippen molar-refractivity contribution < 1.29 is 4.39 Å². The van der Waals surface area contributed by atoms with E-state index in [1.807, 2.05) is 41.2 Å². The molecule has 5 heterocycles. The number of hydrogen-bond donors (Lipinski definition) is 2. The molecule has 31 heavy (non-hydrogen) atoms. The summed E-state index contributed by atoms with van der Waals surface area (Å²) in [6.45, 7) is 1.17. The number of alkyl halides is 1. The van der Waals surface area contributed by atoms with Crippen molar-refractivity contribution in [1.29, 1.82) is 0 Å². The van der Waals surface area contributed by atoms with Crippen molar-refractivity contribution in [2.75, 3.05) is 18.4 Å². The third-order valence-corrected chi connectivity index (χ3v) is 5.93. The summed E-state index contributed by atoms with van der Waals surface area (Å²) in [6, 6.07) is 9.91. The Balaban J connectivity index is 1.32. The van der Waals surface area contributed by atoms with E-state index in [4.69, 9.17) is 10.1 Å². The summed E-state index contributed by atoms with van der Waals surface area (Å²) in [6.07, 6.45) is 7.86. The van der Waals surface area contributed by atoms with E-state index in [2.05, 4.69) is 26.9 Å². The van der Waals surface area contributed by atoms with Crippen LogP contribution in [0.1, 0.15) is 25.3 Å². The number of imidazole rings is 1. The topological polar surface area (TPSA) is 85.0 Å². The maximum absolute atomic E-state index is 14.2. The van der Waals surface area contributed by atoms with Crippen molar-refractivity contribution in [2.24, 2.45) is 0 Å². The number of halogens is 1. The predicted octanol–water partition coefficient (Wildman–Crippen LogP) is 3.10. The number of piperidine rings is 1. The summed E-state index contributed by atoms with van der Waals surface area (Å²) in [5.41, 5.74) is 4.09. The van der Waals surface area contributed by atoms with Gasteiger partial charge in [-0.25, -0.2) is 18.9 Å². The lowest BCUT2D eigenvalue weighted by Gasteiger charge is -2.27. The highest BCUT2D eigenvalue weighted by atomic mass is 19.1.